The molecule has 1 aromatic carbocycles. The third kappa shape index (κ3) is 3.96. The maximum atomic E-state index is 13.3. The van der Waals surface area contributed by atoms with Crippen molar-refractivity contribution in [3.8, 4) is 5.75 Å². The van der Waals surface area contributed by atoms with Gasteiger partial charge >= 0.3 is 0 Å². The van der Waals surface area contributed by atoms with E-state index in [0.29, 0.717) is 6.04 Å². The molecular formula is C23H31N6O2+. The number of nitrogens with zero attached hydrogens (tertiary/aromatic N) is 4. The quantitative estimate of drug-likeness (QED) is 0.657. The van der Waals surface area contributed by atoms with Crippen LogP contribution in [0.5, 0.6) is 5.75 Å². The lowest BCUT2D eigenvalue weighted by molar-refractivity contribution is -0.931. The molecular weight excluding hydrogens is 392 g/mol. The second-order valence-electron chi connectivity index (χ2n) is 8.93. The van der Waals surface area contributed by atoms with Gasteiger partial charge in [0.05, 0.1) is 31.8 Å². The second kappa shape index (κ2) is 8.78. The first kappa shape index (κ1) is 20.2. The summed E-state index contributed by atoms with van der Waals surface area (Å²) in [5.74, 6) is 1.61. The van der Waals surface area contributed by atoms with Crippen molar-refractivity contribution >= 4 is 10.9 Å². The summed E-state index contributed by atoms with van der Waals surface area (Å²) < 4.78 is 7.43. The monoisotopic (exact) mass is 423 g/mol. The molecule has 2 aromatic heterocycles. The molecule has 0 unspecified atom stereocenters. The zero-order valence-electron chi connectivity index (χ0n) is 18.1. The van der Waals surface area contributed by atoms with Crippen LogP contribution < -0.4 is 15.2 Å². The van der Waals surface area contributed by atoms with Gasteiger partial charge in [0, 0.05) is 10.9 Å². The molecule has 3 aromatic rings. The number of aromatic nitrogens is 5. The highest BCUT2D eigenvalue weighted by atomic mass is 16.5. The summed E-state index contributed by atoms with van der Waals surface area (Å²) in [4.78, 5) is 17.7. The number of likely N-dealkylation sites (tertiary alicyclic amines) is 1. The van der Waals surface area contributed by atoms with E-state index in [4.69, 9.17) is 4.74 Å². The third-order valence-corrected chi connectivity index (χ3v) is 6.99. The van der Waals surface area contributed by atoms with E-state index in [1.165, 1.54) is 30.6 Å². The Morgan fingerprint density at radius 3 is 2.65 bits per heavy atom. The van der Waals surface area contributed by atoms with Crippen LogP contribution in [-0.4, -0.2) is 45.4 Å². The van der Waals surface area contributed by atoms with Crippen LogP contribution in [0, 0.1) is 0 Å². The normalized spacial score (nSPS) is 19.5. The Balaban J connectivity index is 1.63. The zero-order chi connectivity index (χ0) is 21.2. The molecule has 0 bridgehead atoms. The Kier molecular flexibility index (Phi) is 5.72. The lowest BCUT2D eigenvalue weighted by Gasteiger charge is -2.32. The zero-order valence-corrected chi connectivity index (χ0v) is 18.1. The van der Waals surface area contributed by atoms with Gasteiger partial charge in [-0.25, -0.2) is 4.68 Å². The SMILES string of the molecule is COc1ccc2[nH]c(=O)c([C@H](c3nnnn3C3CCCCC3)[NH+]3CCCCC3)cc2c1. The van der Waals surface area contributed by atoms with Gasteiger partial charge < -0.3 is 14.6 Å². The summed E-state index contributed by atoms with van der Waals surface area (Å²) in [6, 6.07) is 7.91. The van der Waals surface area contributed by atoms with Crippen molar-refractivity contribution in [3.05, 3.63) is 46.0 Å². The first-order valence-corrected chi connectivity index (χ1v) is 11.6. The number of benzene rings is 1. The van der Waals surface area contributed by atoms with Crippen LogP contribution >= 0.6 is 0 Å². The topological polar surface area (TPSA) is 90.1 Å². The lowest BCUT2D eigenvalue weighted by Crippen LogP contribution is -3.13. The van der Waals surface area contributed by atoms with Crippen LogP contribution in [0.3, 0.4) is 0 Å². The number of pyridine rings is 1. The van der Waals surface area contributed by atoms with Crippen molar-refractivity contribution in [1.82, 2.24) is 25.2 Å². The number of hydrogen-bond acceptors (Lipinski definition) is 5. The summed E-state index contributed by atoms with van der Waals surface area (Å²) in [7, 11) is 1.66. The van der Waals surface area contributed by atoms with Crippen molar-refractivity contribution in [1.29, 1.82) is 0 Å². The highest BCUT2D eigenvalue weighted by Gasteiger charge is 2.36. The second-order valence-corrected chi connectivity index (χ2v) is 8.93. The van der Waals surface area contributed by atoms with Gasteiger partial charge in [0.1, 0.15) is 5.75 Å². The fourth-order valence-corrected chi connectivity index (χ4v) is 5.36. The number of tetrazole rings is 1. The lowest BCUT2D eigenvalue weighted by atomic mass is 9.94. The smallest absolute Gasteiger partial charge is 0.258 e. The molecule has 3 heterocycles. The molecule has 1 aliphatic heterocycles. The summed E-state index contributed by atoms with van der Waals surface area (Å²) in [5, 5.41) is 14.0. The van der Waals surface area contributed by atoms with Crippen molar-refractivity contribution in [2.24, 2.45) is 0 Å². The Hall–Kier alpha value is -2.74. The molecule has 0 amide bonds. The van der Waals surface area contributed by atoms with Gasteiger partial charge in [-0.3, -0.25) is 4.79 Å². The number of nitrogens with one attached hydrogen (secondary N) is 2. The number of methoxy groups -OCH3 is 1. The number of rotatable bonds is 5. The molecule has 1 atom stereocenters. The van der Waals surface area contributed by atoms with Crippen LogP contribution in [0.15, 0.2) is 29.1 Å². The van der Waals surface area contributed by atoms with E-state index in [0.717, 1.165) is 66.8 Å². The molecule has 31 heavy (non-hydrogen) atoms. The van der Waals surface area contributed by atoms with E-state index in [1.807, 2.05) is 28.9 Å². The van der Waals surface area contributed by atoms with Crippen molar-refractivity contribution in [3.63, 3.8) is 0 Å². The van der Waals surface area contributed by atoms with E-state index in [2.05, 4.69) is 20.5 Å². The van der Waals surface area contributed by atoms with Crippen LogP contribution in [0.1, 0.15) is 74.8 Å². The summed E-state index contributed by atoms with van der Waals surface area (Å²) in [6.07, 6.45) is 9.47. The third-order valence-electron chi connectivity index (χ3n) is 6.99. The molecule has 2 fully saturated rings. The molecule has 1 aliphatic carbocycles. The van der Waals surface area contributed by atoms with Crippen molar-refractivity contribution in [2.75, 3.05) is 20.2 Å². The van der Waals surface area contributed by atoms with E-state index in [-0.39, 0.29) is 11.6 Å². The first-order chi connectivity index (χ1) is 15.2. The maximum Gasteiger partial charge on any atom is 0.258 e. The summed E-state index contributed by atoms with van der Waals surface area (Å²) in [6.45, 7) is 2.05. The molecule has 2 aliphatic rings. The number of H-pyrrole nitrogens is 1. The maximum absolute atomic E-state index is 13.3. The van der Waals surface area contributed by atoms with Crippen LogP contribution in [0.25, 0.3) is 10.9 Å². The van der Waals surface area contributed by atoms with Gasteiger partial charge in [-0.1, -0.05) is 19.3 Å². The minimum atomic E-state index is -0.170. The molecule has 5 rings (SSSR count). The van der Waals surface area contributed by atoms with Crippen LogP contribution in [0.2, 0.25) is 0 Å². The first-order valence-electron chi connectivity index (χ1n) is 11.6. The minimum absolute atomic E-state index is 0.0565. The average molecular weight is 424 g/mol. The number of aromatic amines is 1. The predicted molar refractivity (Wildman–Crippen MR) is 117 cm³/mol. The summed E-state index contributed by atoms with van der Waals surface area (Å²) >= 11 is 0. The molecule has 1 saturated heterocycles. The number of ether oxygens (including phenoxy) is 1. The standard InChI is InChI=1S/C23H30N6O2/c1-31-18-10-11-20-16(14-18)15-19(23(30)24-20)21(28-12-6-3-7-13-28)22-25-26-27-29(22)17-8-4-2-5-9-17/h10-11,14-15,17,21H,2-9,12-13H2,1H3,(H,24,30)/p+1/t21-/m1/s1. The fraction of sp³-hybridized carbons (Fsp3) is 0.565. The van der Waals surface area contributed by atoms with Crippen LogP contribution in [0.4, 0.5) is 0 Å². The highest BCUT2D eigenvalue weighted by Crippen LogP contribution is 2.30. The number of quaternary nitrogens is 1. The Labute approximate surface area is 181 Å². The predicted octanol–water partition coefficient (Wildman–Crippen LogP) is 2.19. The number of piperidine rings is 1. The molecule has 8 heteroatoms. The van der Waals surface area contributed by atoms with E-state index < -0.39 is 0 Å². The highest BCUT2D eigenvalue weighted by molar-refractivity contribution is 5.80. The van der Waals surface area contributed by atoms with Crippen molar-refractivity contribution in [2.45, 2.75) is 63.5 Å². The van der Waals surface area contributed by atoms with Crippen LogP contribution in [-0.2, 0) is 0 Å². The molecule has 0 radical (unpaired) electrons. The largest absolute Gasteiger partial charge is 0.497 e. The Morgan fingerprint density at radius 2 is 1.87 bits per heavy atom. The van der Waals surface area contributed by atoms with Gasteiger partial charge in [0.2, 0.25) is 5.82 Å². The van der Waals surface area contributed by atoms with Crippen molar-refractivity contribution < 1.29 is 9.64 Å². The number of fused-ring (bicyclic) bond motifs is 1. The fourth-order valence-electron chi connectivity index (χ4n) is 5.36. The Morgan fingerprint density at radius 1 is 1.10 bits per heavy atom. The van der Waals surface area contributed by atoms with Gasteiger partial charge in [-0.15, -0.1) is 5.10 Å². The van der Waals surface area contributed by atoms with Gasteiger partial charge in [0.15, 0.2) is 6.04 Å². The minimum Gasteiger partial charge on any atom is -0.497 e. The molecule has 2 N–H and O–H groups in total. The van der Waals surface area contributed by atoms with E-state index in [9.17, 15) is 4.79 Å². The molecule has 8 nitrogen and oxygen atoms in total. The number of hydrogen-bond donors (Lipinski definition) is 2. The molecule has 1 saturated carbocycles. The van der Waals surface area contributed by atoms with Gasteiger partial charge in [-0.2, -0.15) is 0 Å². The Bertz CT molecular complexity index is 1090. The molecule has 164 valence electrons. The van der Waals surface area contributed by atoms with E-state index >= 15 is 0 Å². The van der Waals surface area contributed by atoms with Gasteiger partial charge in [-0.05, 0) is 66.8 Å². The van der Waals surface area contributed by atoms with E-state index in [1.54, 1.807) is 7.11 Å². The average Bonchev–Trinajstić information content (AvgIpc) is 3.30. The molecule has 0 spiro atoms. The summed E-state index contributed by atoms with van der Waals surface area (Å²) in [5.41, 5.74) is 1.50. The van der Waals surface area contributed by atoms with Gasteiger partial charge in [0.25, 0.3) is 5.56 Å².